The third-order valence-electron chi connectivity index (χ3n) is 4.65. The number of carboxylic acid groups (broad SMARTS) is 1. The van der Waals surface area contributed by atoms with Crippen molar-refractivity contribution in [3.63, 3.8) is 0 Å². The van der Waals surface area contributed by atoms with Crippen LogP contribution in [0.2, 0.25) is 0 Å². The number of amides is 1. The summed E-state index contributed by atoms with van der Waals surface area (Å²) in [4.78, 5) is 12.8. The second-order valence-electron chi connectivity index (χ2n) is 6.54. The summed E-state index contributed by atoms with van der Waals surface area (Å²) in [5.41, 5.74) is 0.604. The molecule has 0 aliphatic carbocycles. The quantitative estimate of drug-likeness (QED) is 0.868. The molecule has 3 atom stereocenters. The summed E-state index contributed by atoms with van der Waals surface area (Å²) in [6.07, 6.45) is -2.33. The molecule has 1 N–H and O–H groups in total. The predicted octanol–water partition coefficient (Wildman–Crippen LogP) is 3.82. The first-order chi connectivity index (χ1) is 11.8. The van der Waals surface area contributed by atoms with Gasteiger partial charge in [0, 0.05) is 24.9 Å². The molecule has 3 rings (SSSR count). The van der Waals surface area contributed by atoms with Crippen LogP contribution in [0.1, 0.15) is 31.2 Å². The van der Waals surface area contributed by atoms with E-state index in [2.05, 4.69) is 4.74 Å². The highest BCUT2D eigenvalue weighted by Gasteiger charge is 2.44. The molecule has 0 spiro atoms. The highest BCUT2D eigenvalue weighted by atomic mass is 19.4. The Kier molecular flexibility index (Phi) is 5.08. The summed E-state index contributed by atoms with van der Waals surface area (Å²) in [7, 11) is 0. The van der Waals surface area contributed by atoms with E-state index in [0.29, 0.717) is 24.2 Å². The molecule has 0 saturated carbocycles. The number of hydrogen-bond donors (Lipinski definition) is 1. The van der Waals surface area contributed by atoms with Gasteiger partial charge in [0.2, 0.25) is 0 Å². The number of halogens is 3. The van der Waals surface area contributed by atoms with Gasteiger partial charge < -0.3 is 19.5 Å². The van der Waals surface area contributed by atoms with Crippen molar-refractivity contribution >= 4 is 6.09 Å². The van der Waals surface area contributed by atoms with Crippen LogP contribution < -0.4 is 4.74 Å². The molecule has 0 unspecified atom stereocenters. The lowest BCUT2D eigenvalue weighted by Gasteiger charge is -2.37. The Balaban J connectivity index is 1.55. The smallest absolute Gasteiger partial charge is 0.411 e. The van der Waals surface area contributed by atoms with Crippen molar-refractivity contribution in [1.29, 1.82) is 0 Å². The molecule has 25 heavy (non-hydrogen) atoms. The lowest BCUT2D eigenvalue weighted by molar-refractivity contribution is -0.176. The largest absolute Gasteiger partial charge is 0.490 e. The number of piperidine rings is 1. The molecule has 138 valence electrons. The van der Waals surface area contributed by atoms with Crippen LogP contribution in [0.5, 0.6) is 5.75 Å². The maximum absolute atomic E-state index is 12.1. The van der Waals surface area contributed by atoms with Gasteiger partial charge in [-0.25, -0.2) is 4.79 Å². The van der Waals surface area contributed by atoms with E-state index in [1.165, 1.54) is 4.90 Å². The van der Waals surface area contributed by atoms with E-state index in [1.807, 2.05) is 0 Å². The number of hydrogen-bond acceptors (Lipinski definition) is 3. The fourth-order valence-corrected chi connectivity index (χ4v) is 3.72. The molecule has 0 radical (unpaired) electrons. The first-order valence-electron chi connectivity index (χ1n) is 8.23. The number of ether oxygens (including phenoxy) is 2. The van der Waals surface area contributed by atoms with E-state index in [-0.39, 0.29) is 24.8 Å². The molecule has 2 fully saturated rings. The van der Waals surface area contributed by atoms with E-state index in [1.54, 1.807) is 24.3 Å². The normalized spacial score (nSPS) is 25.9. The number of rotatable bonds is 5. The van der Waals surface area contributed by atoms with Crippen LogP contribution in [0.4, 0.5) is 18.0 Å². The maximum Gasteiger partial charge on any atom is 0.411 e. The minimum atomic E-state index is -4.34. The average molecular weight is 359 g/mol. The molecule has 1 aromatic carbocycles. The molecule has 2 saturated heterocycles. The van der Waals surface area contributed by atoms with Gasteiger partial charge in [-0.15, -0.1) is 0 Å². The molecule has 0 aromatic heterocycles. The summed E-state index contributed by atoms with van der Waals surface area (Å²) in [6.45, 7) is -1.42. The summed E-state index contributed by atoms with van der Waals surface area (Å²) in [6, 6.07) is 6.78. The minimum absolute atomic E-state index is 0.0143. The van der Waals surface area contributed by atoms with Gasteiger partial charge in [-0.3, -0.25) is 0 Å². The Morgan fingerprint density at radius 2 is 1.92 bits per heavy atom. The van der Waals surface area contributed by atoms with Crippen LogP contribution in [0.3, 0.4) is 0 Å². The zero-order valence-corrected chi connectivity index (χ0v) is 13.5. The second kappa shape index (κ2) is 7.11. The number of fused-ring (bicyclic) bond motifs is 2. The first kappa shape index (κ1) is 17.8. The van der Waals surface area contributed by atoms with Crippen molar-refractivity contribution in [3.05, 3.63) is 29.8 Å². The van der Waals surface area contributed by atoms with Gasteiger partial charge in [0.25, 0.3) is 0 Å². The number of carbonyl (C=O) groups is 1. The van der Waals surface area contributed by atoms with Gasteiger partial charge in [0.05, 0.1) is 6.61 Å². The SMILES string of the molecule is O=C(O)N1[C@@H]2CC[C@H]1C[C@@H](Oc1cccc(COCC(F)(F)F)c1)C2. The van der Waals surface area contributed by atoms with Crippen molar-refractivity contribution in [3.8, 4) is 5.75 Å². The standard InChI is InChI=1S/C17H20F3NO4/c18-17(19,20)10-24-9-11-2-1-3-14(6-11)25-15-7-12-4-5-13(8-15)21(12)16(22)23/h1-3,6,12-13,15H,4-5,7-10H2,(H,22,23)/t12-,13+,15+. The number of alkyl halides is 3. The fraction of sp³-hybridized carbons (Fsp3) is 0.588. The van der Waals surface area contributed by atoms with Gasteiger partial charge in [-0.1, -0.05) is 12.1 Å². The van der Waals surface area contributed by atoms with Crippen molar-refractivity contribution in [1.82, 2.24) is 4.90 Å². The van der Waals surface area contributed by atoms with Crippen LogP contribution in [0.25, 0.3) is 0 Å². The monoisotopic (exact) mass is 359 g/mol. The molecular formula is C17H20F3NO4. The molecule has 5 nitrogen and oxygen atoms in total. The van der Waals surface area contributed by atoms with Crippen molar-refractivity contribution in [2.45, 2.75) is 56.7 Å². The zero-order chi connectivity index (χ0) is 18.0. The highest BCUT2D eigenvalue weighted by molar-refractivity contribution is 5.66. The van der Waals surface area contributed by atoms with E-state index >= 15 is 0 Å². The Hall–Kier alpha value is -1.96. The second-order valence-corrected chi connectivity index (χ2v) is 6.54. The van der Waals surface area contributed by atoms with Gasteiger partial charge in [-0.05, 0) is 30.5 Å². The fourth-order valence-electron chi connectivity index (χ4n) is 3.72. The number of benzene rings is 1. The first-order valence-corrected chi connectivity index (χ1v) is 8.23. The van der Waals surface area contributed by atoms with Crippen LogP contribution in [0.15, 0.2) is 24.3 Å². The average Bonchev–Trinajstić information content (AvgIpc) is 2.78. The molecule has 2 aliphatic rings. The Morgan fingerprint density at radius 3 is 2.52 bits per heavy atom. The minimum Gasteiger partial charge on any atom is -0.490 e. The number of nitrogens with zero attached hydrogens (tertiary/aromatic N) is 1. The van der Waals surface area contributed by atoms with Crippen molar-refractivity contribution in [2.24, 2.45) is 0 Å². The van der Waals surface area contributed by atoms with Crippen LogP contribution in [-0.4, -0.2) is 47.1 Å². The van der Waals surface area contributed by atoms with Gasteiger partial charge in [0.1, 0.15) is 18.5 Å². The Bertz CT molecular complexity index is 608. The topological polar surface area (TPSA) is 59.0 Å². The lowest BCUT2D eigenvalue weighted by Crippen LogP contribution is -2.48. The van der Waals surface area contributed by atoms with Gasteiger partial charge in [0.15, 0.2) is 0 Å². The van der Waals surface area contributed by atoms with E-state index < -0.39 is 18.9 Å². The van der Waals surface area contributed by atoms with Crippen LogP contribution >= 0.6 is 0 Å². The van der Waals surface area contributed by atoms with E-state index in [4.69, 9.17) is 4.74 Å². The molecule has 1 amide bonds. The van der Waals surface area contributed by atoms with E-state index in [9.17, 15) is 23.1 Å². The third kappa shape index (κ3) is 4.56. The van der Waals surface area contributed by atoms with Crippen LogP contribution in [-0.2, 0) is 11.3 Å². The molecule has 2 heterocycles. The third-order valence-corrected chi connectivity index (χ3v) is 4.65. The molecule has 8 heteroatoms. The Morgan fingerprint density at radius 1 is 1.24 bits per heavy atom. The summed E-state index contributed by atoms with van der Waals surface area (Å²) in [5, 5.41) is 9.26. The van der Waals surface area contributed by atoms with E-state index in [0.717, 1.165) is 12.8 Å². The van der Waals surface area contributed by atoms with Gasteiger partial charge in [-0.2, -0.15) is 13.2 Å². The summed E-state index contributed by atoms with van der Waals surface area (Å²) < 4.78 is 47.0. The summed E-state index contributed by atoms with van der Waals surface area (Å²) >= 11 is 0. The highest BCUT2D eigenvalue weighted by Crippen LogP contribution is 2.37. The maximum atomic E-state index is 12.1. The zero-order valence-electron chi connectivity index (χ0n) is 13.5. The van der Waals surface area contributed by atoms with Crippen molar-refractivity contribution in [2.75, 3.05) is 6.61 Å². The van der Waals surface area contributed by atoms with Crippen molar-refractivity contribution < 1.29 is 32.5 Å². The molecule has 2 aliphatic heterocycles. The summed E-state index contributed by atoms with van der Waals surface area (Å²) in [5.74, 6) is 0.571. The Labute approximate surface area is 143 Å². The molecule has 2 bridgehead atoms. The predicted molar refractivity (Wildman–Crippen MR) is 82.5 cm³/mol. The van der Waals surface area contributed by atoms with Crippen LogP contribution in [0, 0.1) is 0 Å². The van der Waals surface area contributed by atoms with Gasteiger partial charge >= 0.3 is 12.3 Å². The lowest BCUT2D eigenvalue weighted by atomic mass is 10.00. The molecular weight excluding hydrogens is 339 g/mol. The molecule has 1 aromatic rings.